The molecule has 0 N–H and O–H groups in total. The van der Waals surface area contributed by atoms with Crippen LogP contribution >= 0.6 is 0 Å². The second-order valence-corrected chi connectivity index (χ2v) is 2.30. The third-order valence-corrected chi connectivity index (χ3v) is 1.28. The third-order valence-electron chi connectivity index (χ3n) is 1.28. The SMILES string of the molecule is CCOCC(C(F)(F)F)C(F)(F)F. The number of hydrogen-bond acceptors (Lipinski definition) is 1. The minimum absolute atomic E-state index is 0.178. The molecule has 80 valence electrons. The standard InChI is InChI=1S/C6H8F6O/c1-2-13-3-4(5(7,8)9)6(10,11)12/h4H,2-3H2,1H3. The molecule has 0 aliphatic rings. The van der Waals surface area contributed by atoms with E-state index in [-0.39, 0.29) is 6.61 Å². The fourth-order valence-electron chi connectivity index (χ4n) is 0.610. The van der Waals surface area contributed by atoms with E-state index in [1.54, 1.807) is 0 Å². The van der Waals surface area contributed by atoms with E-state index < -0.39 is 24.9 Å². The van der Waals surface area contributed by atoms with Gasteiger partial charge in [-0.05, 0) is 6.92 Å². The second kappa shape index (κ2) is 4.17. The first-order valence-electron chi connectivity index (χ1n) is 3.40. The van der Waals surface area contributed by atoms with Crippen LogP contribution in [0, 0.1) is 5.92 Å². The predicted octanol–water partition coefficient (Wildman–Crippen LogP) is 2.76. The molecule has 0 aliphatic carbocycles. The molecular weight excluding hydrogens is 202 g/mol. The minimum atomic E-state index is -5.30. The van der Waals surface area contributed by atoms with Gasteiger partial charge in [-0.25, -0.2) is 0 Å². The molecule has 0 rings (SSSR count). The van der Waals surface area contributed by atoms with E-state index in [1.807, 2.05) is 0 Å². The average Bonchev–Trinajstić information content (AvgIpc) is 1.81. The summed E-state index contributed by atoms with van der Waals surface area (Å²) in [5.74, 6) is -3.39. The molecule has 0 saturated heterocycles. The average molecular weight is 210 g/mol. The van der Waals surface area contributed by atoms with Crippen molar-refractivity contribution in [2.75, 3.05) is 13.2 Å². The zero-order valence-corrected chi connectivity index (χ0v) is 6.67. The van der Waals surface area contributed by atoms with E-state index >= 15 is 0 Å². The summed E-state index contributed by atoms with van der Waals surface area (Å²) < 4.78 is 74.5. The minimum Gasteiger partial charge on any atom is -0.381 e. The molecule has 0 amide bonds. The monoisotopic (exact) mass is 210 g/mol. The van der Waals surface area contributed by atoms with Crippen LogP contribution in [0.5, 0.6) is 0 Å². The Morgan fingerprint density at radius 2 is 1.38 bits per heavy atom. The van der Waals surface area contributed by atoms with Gasteiger partial charge in [-0.15, -0.1) is 0 Å². The van der Waals surface area contributed by atoms with Gasteiger partial charge in [-0.2, -0.15) is 26.3 Å². The van der Waals surface area contributed by atoms with Crippen molar-refractivity contribution in [3.63, 3.8) is 0 Å². The highest BCUT2D eigenvalue weighted by molar-refractivity contribution is 4.74. The van der Waals surface area contributed by atoms with Crippen molar-refractivity contribution >= 4 is 0 Å². The maximum absolute atomic E-state index is 11.7. The lowest BCUT2D eigenvalue weighted by molar-refractivity contribution is -0.294. The lowest BCUT2D eigenvalue weighted by Gasteiger charge is -2.22. The molecule has 0 saturated carbocycles. The number of rotatable bonds is 3. The van der Waals surface area contributed by atoms with E-state index in [9.17, 15) is 26.3 Å². The summed E-state index contributed by atoms with van der Waals surface area (Å²) in [6.07, 6.45) is -10.6. The Bertz CT molecular complexity index is 134. The van der Waals surface area contributed by atoms with Crippen LogP contribution in [-0.2, 0) is 4.74 Å². The Morgan fingerprint density at radius 1 is 1.00 bits per heavy atom. The van der Waals surface area contributed by atoms with Gasteiger partial charge in [-0.3, -0.25) is 0 Å². The largest absolute Gasteiger partial charge is 0.402 e. The number of halogens is 6. The smallest absolute Gasteiger partial charge is 0.381 e. The van der Waals surface area contributed by atoms with E-state index in [0.717, 1.165) is 0 Å². The van der Waals surface area contributed by atoms with Gasteiger partial charge in [0, 0.05) is 6.61 Å². The van der Waals surface area contributed by atoms with Gasteiger partial charge < -0.3 is 4.74 Å². The molecule has 0 aromatic carbocycles. The van der Waals surface area contributed by atoms with Gasteiger partial charge in [0.2, 0.25) is 0 Å². The highest BCUT2D eigenvalue weighted by Crippen LogP contribution is 2.39. The van der Waals surface area contributed by atoms with Gasteiger partial charge in [-0.1, -0.05) is 0 Å². The summed E-state index contributed by atoms with van der Waals surface area (Å²) in [7, 11) is 0. The van der Waals surface area contributed by atoms with Crippen molar-refractivity contribution < 1.29 is 31.1 Å². The molecule has 0 unspecified atom stereocenters. The first-order valence-corrected chi connectivity index (χ1v) is 3.40. The van der Waals surface area contributed by atoms with E-state index in [1.165, 1.54) is 6.92 Å². The number of alkyl halides is 6. The van der Waals surface area contributed by atoms with Crippen LogP contribution in [0.4, 0.5) is 26.3 Å². The van der Waals surface area contributed by atoms with Crippen molar-refractivity contribution in [1.82, 2.24) is 0 Å². The van der Waals surface area contributed by atoms with E-state index in [2.05, 4.69) is 4.74 Å². The Balaban J connectivity index is 4.39. The molecular formula is C6H8F6O. The van der Waals surface area contributed by atoms with Crippen molar-refractivity contribution in [3.8, 4) is 0 Å². The first kappa shape index (κ1) is 12.5. The lowest BCUT2D eigenvalue weighted by atomic mass is 10.1. The molecule has 0 aliphatic heterocycles. The molecule has 0 heterocycles. The second-order valence-electron chi connectivity index (χ2n) is 2.30. The molecule has 0 radical (unpaired) electrons. The summed E-state index contributed by atoms with van der Waals surface area (Å²) in [5.41, 5.74) is 0. The summed E-state index contributed by atoms with van der Waals surface area (Å²) in [6.45, 7) is -0.226. The van der Waals surface area contributed by atoms with Crippen molar-refractivity contribution in [3.05, 3.63) is 0 Å². The summed E-state index contributed by atoms with van der Waals surface area (Å²) in [6, 6.07) is 0. The van der Waals surface area contributed by atoms with Gasteiger partial charge in [0.05, 0.1) is 6.61 Å². The van der Waals surface area contributed by atoms with E-state index in [4.69, 9.17) is 0 Å². The van der Waals surface area contributed by atoms with Gasteiger partial charge in [0.1, 0.15) is 0 Å². The zero-order chi connectivity index (χ0) is 10.7. The molecule has 0 aromatic heterocycles. The van der Waals surface area contributed by atoms with Crippen LogP contribution in [-0.4, -0.2) is 25.6 Å². The van der Waals surface area contributed by atoms with Crippen molar-refractivity contribution in [2.45, 2.75) is 19.3 Å². The van der Waals surface area contributed by atoms with Crippen LogP contribution in [0.2, 0.25) is 0 Å². The van der Waals surface area contributed by atoms with Crippen molar-refractivity contribution in [2.24, 2.45) is 5.92 Å². The maximum Gasteiger partial charge on any atom is 0.402 e. The zero-order valence-electron chi connectivity index (χ0n) is 6.67. The number of hydrogen-bond donors (Lipinski definition) is 0. The summed E-state index contributed by atoms with van der Waals surface area (Å²) in [5, 5.41) is 0. The van der Waals surface area contributed by atoms with Crippen LogP contribution in [0.25, 0.3) is 0 Å². The predicted molar refractivity (Wildman–Crippen MR) is 32.1 cm³/mol. The van der Waals surface area contributed by atoms with Gasteiger partial charge >= 0.3 is 12.4 Å². The molecule has 0 fully saturated rings. The highest BCUT2D eigenvalue weighted by Gasteiger charge is 2.56. The van der Waals surface area contributed by atoms with Crippen LogP contribution in [0.1, 0.15) is 6.92 Å². The van der Waals surface area contributed by atoms with Crippen molar-refractivity contribution in [1.29, 1.82) is 0 Å². The van der Waals surface area contributed by atoms with Gasteiger partial charge in [0.15, 0.2) is 5.92 Å². The van der Waals surface area contributed by atoms with Crippen LogP contribution < -0.4 is 0 Å². The molecule has 0 atom stereocenters. The molecule has 13 heavy (non-hydrogen) atoms. The van der Waals surface area contributed by atoms with Crippen LogP contribution in [0.15, 0.2) is 0 Å². The molecule has 0 spiro atoms. The lowest BCUT2D eigenvalue weighted by Crippen LogP contribution is -2.39. The normalized spacial score (nSPS) is 13.8. The fraction of sp³-hybridized carbons (Fsp3) is 1.00. The Hall–Kier alpha value is -0.460. The first-order chi connectivity index (χ1) is 5.69. The molecule has 1 nitrogen and oxygen atoms in total. The third kappa shape index (κ3) is 4.35. The van der Waals surface area contributed by atoms with Crippen LogP contribution in [0.3, 0.4) is 0 Å². The quantitative estimate of drug-likeness (QED) is 0.651. The van der Waals surface area contributed by atoms with E-state index in [0.29, 0.717) is 0 Å². The highest BCUT2D eigenvalue weighted by atomic mass is 19.4. The molecule has 7 heteroatoms. The summed E-state index contributed by atoms with van der Waals surface area (Å²) in [4.78, 5) is 0. The Morgan fingerprint density at radius 3 is 1.62 bits per heavy atom. The molecule has 0 bridgehead atoms. The summed E-state index contributed by atoms with van der Waals surface area (Å²) >= 11 is 0. The Kier molecular flexibility index (Phi) is 4.02. The topological polar surface area (TPSA) is 9.23 Å². The van der Waals surface area contributed by atoms with Gasteiger partial charge in [0.25, 0.3) is 0 Å². The molecule has 0 aromatic rings. The number of ether oxygens (including phenoxy) is 1. The maximum atomic E-state index is 11.7. The fourth-order valence-corrected chi connectivity index (χ4v) is 0.610. The Labute approximate surface area is 70.7 Å².